The molecule has 4 rings (SSSR count). The predicted octanol–water partition coefficient (Wildman–Crippen LogP) is 6.62. The van der Waals surface area contributed by atoms with E-state index in [1.807, 2.05) is 17.4 Å². The van der Waals surface area contributed by atoms with Gasteiger partial charge in [-0.05, 0) is 18.2 Å². The zero-order chi connectivity index (χ0) is 13.0. The Morgan fingerprint density at radius 2 is 1.63 bits per heavy atom. The van der Waals surface area contributed by atoms with E-state index in [9.17, 15) is 0 Å². The van der Waals surface area contributed by atoms with Gasteiger partial charge in [-0.15, -0.1) is 11.3 Å². The fourth-order valence-electron chi connectivity index (χ4n) is 2.53. The molecule has 0 aliphatic heterocycles. The Hall–Kier alpha value is -1.09. The Bertz CT molecular complexity index is 940. The number of benzene rings is 3. The van der Waals surface area contributed by atoms with Crippen LogP contribution >= 0.6 is 38.9 Å². The van der Waals surface area contributed by atoms with Crippen LogP contribution in [0.2, 0.25) is 5.02 Å². The second-order valence-electron chi connectivity index (χ2n) is 4.52. The van der Waals surface area contributed by atoms with E-state index >= 15 is 0 Å². The van der Waals surface area contributed by atoms with Crippen molar-refractivity contribution in [2.45, 2.75) is 0 Å². The van der Waals surface area contributed by atoms with Gasteiger partial charge in [-0.1, -0.05) is 57.9 Å². The van der Waals surface area contributed by atoms with Gasteiger partial charge in [0.25, 0.3) is 0 Å². The van der Waals surface area contributed by atoms with E-state index in [0.717, 1.165) is 14.9 Å². The van der Waals surface area contributed by atoms with Gasteiger partial charge in [0.05, 0.1) is 0 Å². The molecule has 3 heteroatoms. The summed E-state index contributed by atoms with van der Waals surface area (Å²) in [5, 5.41) is 5.71. The number of thiophene rings is 1. The molecule has 0 amide bonds. The van der Waals surface area contributed by atoms with E-state index < -0.39 is 0 Å². The molecule has 0 aliphatic rings. The lowest BCUT2D eigenvalue weighted by molar-refractivity contribution is 1.77. The van der Waals surface area contributed by atoms with Crippen molar-refractivity contribution in [2.24, 2.45) is 0 Å². The molecule has 0 bridgehead atoms. The van der Waals surface area contributed by atoms with Crippen LogP contribution in [0.15, 0.2) is 53.0 Å². The van der Waals surface area contributed by atoms with Gasteiger partial charge in [-0.3, -0.25) is 0 Å². The molecular weight excluding hydrogens is 340 g/mol. The Morgan fingerprint density at radius 3 is 2.47 bits per heavy atom. The third-order valence-electron chi connectivity index (χ3n) is 3.39. The first-order valence-electron chi connectivity index (χ1n) is 5.93. The van der Waals surface area contributed by atoms with E-state index in [0.29, 0.717) is 0 Å². The van der Waals surface area contributed by atoms with Gasteiger partial charge in [-0.25, -0.2) is 0 Å². The molecule has 0 atom stereocenters. The van der Waals surface area contributed by atoms with Gasteiger partial charge in [0.1, 0.15) is 0 Å². The highest BCUT2D eigenvalue weighted by Gasteiger charge is 2.10. The fourth-order valence-corrected chi connectivity index (χ4v) is 4.57. The minimum Gasteiger partial charge on any atom is -0.134 e. The lowest BCUT2D eigenvalue weighted by Gasteiger charge is -2.02. The molecule has 0 saturated carbocycles. The largest absolute Gasteiger partial charge is 0.134 e. The third kappa shape index (κ3) is 1.71. The maximum atomic E-state index is 6.42. The number of hydrogen-bond acceptors (Lipinski definition) is 1. The first kappa shape index (κ1) is 11.7. The maximum absolute atomic E-state index is 6.42. The van der Waals surface area contributed by atoms with Crippen LogP contribution in [0, 0.1) is 0 Å². The number of rotatable bonds is 0. The summed E-state index contributed by atoms with van der Waals surface area (Å²) in [6.45, 7) is 0. The molecule has 19 heavy (non-hydrogen) atoms. The smallest absolute Gasteiger partial charge is 0.0491 e. The summed E-state index contributed by atoms with van der Waals surface area (Å²) in [5.41, 5.74) is 0. The van der Waals surface area contributed by atoms with Crippen molar-refractivity contribution in [3.8, 4) is 0 Å². The van der Waals surface area contributed by atoms with Gasteiger partial charge in [-0.2, -0.15) is 0 Å². The van der Waals surface area contributed by atoms with Gasteiger partial charge in [0.15, 0.2) is 0 Å². The Kier molecular flexibility index (Phi) is 2.59. The molecule has 0 saturated heterocycles. The number of fused-ring (bicyclic) bond motifs is 5. The van der Waals surface area contributed by atoms with Crippen LogP contribution in [0.1, 0.15) is 0 Å². The first-order chi connectivity index (χ1) is 9.24. The van der Waals surface area contributed by atoms with Gasteiger partial charge < -0.3 is 0 Å². The van der Waals surface area contributed by atoms with Crippen molar-refractivity contribution >= 4 is 69.8 Å². The molecule has 0 unspecified atom stereocenters. The average Bonchev–Trinajstić information content (AvgIpc) is 2.77. The number of hydrogen-bond donors (Lipinski definition) is 0. The van der Waals surface area contributed by atoms with Crippen LogP contribution in [0.25, 0.3) is 30.9 Å². The van der Waals surface area contributed by atoms with E-state index in [1.165, 1.54) is 25.6 Å². The SMILES string of the molecule is Clc1cc2c3ccc(Br)cc3sc2c2ccccc12. The molecular formula is C16H8BrClS. The highest BCUT2D eigenvalue weighted by Crippen LogP contribution is 2.41. The second-order valence-corrected chi connectivity index (χ2v) is 6.90. The molecule has 0 nitrogen and oxygen atoms in total. The van der Waals surface area contributed by atoms with Crippen molar-refractivity contribution in [1.29, 1.82) is 0 Å². The van der Waals surface area contributed by atoms with E-state index in [2.05, 4.69) is 58.4 Å². The van der Waals surface area contributed by atoms with Crippen LogP contribution in [0.4, 0.5) is 0 Å². The summed E-state index contributed by atoms with van der Waals surface area (Å²) in [7, 11) is 0. The van der Waals surface area contributed by atoms with Gasteiger partial charge in [0, 0.05) is 40.4 Å². The van der Waals surface area contributed by atoms with Gasteiger partial charge in [0.2, 0.25) is 0 Å². The second kappa shape index (κ2) is 4.20. The van der Waals surface area contributed by atoms with Gasteiger partial charge >= 0.3 is 0 Å². The summed E-state index contributed by atoms with van der Waals surface area (Å²) in [6, 6.07) is 16.8. The summed E-state index contributed by atoms with van der Waals surface area (Å²) in [4.78, 5) is 0. The predicted molar refractivity (Wildman–Crippen MR) is 89.5 cm³/mol. The molecule has 4 aromatic rings. The first-order valence-corrected chi connectivity index (χ1v) is 7.92. The van der Waals surface area contributed by atoms with Crippen LogP contribution in [0.5, 0.6) is 0 Å². The summed E-state index contributed by atoms with van der Waals surface area (Å²) in [6.07, 6.45) is 0. The standard InChI is InChI=1S/C16H8BrClS/c17-9-5-6-11-13-8-14(18)10-3-1-2-4-12(10)16(13)19-15(11)7-9/h1-8H. The van der Waals surface area contributed by atoms with Crippen molar-refractivity contribution < 1.29 is 0 Å². The minimum absolute atomic E-state index is 0.825. The zero-order valence-electron chi connectivity index (χ0n) is 9.78. The van der Waals surface area contributed by atoms with Crippen LogP contribution in [0.3, 0.4) is 0 Å². The van der Waals surface area contributed by atoms with Crippen molar-refractivity contribution in [3.63, 3.8) is 0 Å². The van der Waals surface area contributed by atoms with E-state index in [1.54, 1.807) is 0 Å². The van der Waals surface area contributed by atoms with E-state index in [4.69, 9.17) is 11.6 Å². The summed E-state index contributed by atoms with van der Waals surface area (Å²) >= 11 is 11.8. The lowest BCUT2D eigenvalue weighted by atomic mass is 10.1. The Morgan fingerprint density at radius 1 is 0.842 bits per heavy atom. The molecule has 1 aromatic heterocycles. The van der Waals surface area contributed by atoms with Crippen LogP contribution < -0.4 is 0 Å². The highest BCUT2D eigenvalue weighted by atomic mass is 79.9. The molecule has 0 fully saturated rings. The summed E-state index contributed by atoms with van der Waals surface area (Å²) in [5.74, 6) is 0. The maximum Gasteiger partial charge on any atom is 0.0491 e. The number of halogens is 2. The average molecular weight is 348 g/mol. The molecule has 3 aromatic carbocycles. The molecule has 1 heterocycles. The summed E-state index contributed by atoms with van der Waals surface area (Å²) < 4.78 is 3.71. The lowest BCUT2D eigenvalue weighted by Crippen LogP contribution is -1.75. The van der Waals surface area contributed by atoms with Crippen LogP contribution in [-0.2, 0) is 0 Å². The monoisotopic (exact) mass is 346 g/mol. The van der Waals surface area contributed by atoms with E-state index in [-0.39, 0.29) is 0 Å². The van der Waals surface area contributed by atoms with Crippen molar-refractivity contribution in [2.75, 3.05) is 0 Å². The van der Waals surface area contributed by atoms with Crippen molar-refractivity contribution in [1.82, 2.24) is 0 Å². The highest BCUT2D eigenvalue weighted by molar-refractivity contribution is 9.10. The molecule has 0 N–H and O–H groups in total. The van der Waals surface area contributed by atoms with Crippen molar-refractivity contribution in [3.05, 3.63) is 58.0 Å². The molecule has 0 aliphatic carbocycles. The zero-order valence-corrected chi connectivity index (χ0v) is 12.9. The van der Waals surface area contributed by atoms with Crippen LogP contribution in [-0.4, -0.2) is 0 Å². The fraction of sp³-hybridized carbons (Fsp3) is 0. The quantitative estimate of drug-likeness (QED) is 0.335. The molecule has 92 valence electrons. The Labute approximate surface area is 127 Å². The molecule has 0 radical (unpaired) electrons. The normalized spacial score (nSPS) is 11.7. The third-order valence-corrected chi connectivity index (χ3v) is 5.40. The minimum atomic E-state index is 0.825. The Balaban J connectivity index is 2.31. The topological polar surface area (TPSA) is 0 Å². The molecule has 0 spiro atoms.